The minimum absolute atomic E-state index is 0.255. The predicted molar refractivity (Wildman–Crippen MR) is 101 cm³/mol. The SMILES string of the molecule is CCOC(=O)N1CCN(c2nc3c(Cl)c(C)nn3c3ccccc23)CC1. The quantitative estimate of drug-likeness (QED) is 0.690. The average molecular weight is 374 g/mol. The molecule has 1 amide bonds. The number of rotatable bonds is 2. The average Bonchev–Trinajstić information content (AvgIpc) is 2.96. The molecule has 1 aliphatic heterocycles. The molecule has 136 valence electrons. The Hall–Kier alpha value is -2.54. The number of para-hydroxylation sites is 1. The number of hydrogen-bond acceptors (Lipinski definition) is 5. The van der Waals surface area contributed by atoms with Gasteiger partial charge >= 0.3 is 6.09 Å². The van der Waals surface area contributed by atoms with Crippen LogP contribution in [0.4, 0.5) is 10.6 Å². The smallest absolute Gasteiger partial charge is 0.409 e. The van der Waals surface area contributed by atoms with E-state index in [0.29, 0.717) is 43.5 Å². The Balaban J connectivity index is 1.72. The maximum atomic E-state index is 11.9. The molecule has 1 aliphatic rings. The van der Waals surface area contributed by atoms with Gasteiger partial charge in [0.1, 0.15) is 10.8 Å². The molecule has 0 radical (unpaired) electrons. The summed E-state index contributed by atoms with van der Waals surface area (Å²) in [5.41, 5.74) is 2.38. The van der Waals surface area contributed by atoms with Crippen LogP contribution in [0.5, 0.6) is 0 Å². The van der Waals surface area contributed by atoms with Crippen molar-refractivity contribution < 1.29 is 9.53 Å². The van der Waals surface area contributed by atoms with Gasteiger partial charge in [0.05, 0.1) is 17.8 Å². The Morgan fingerprint density at radius 1 is 1.23 bits per heavy atom. The zero-order chi connectivity index (χ0) is 18.3. The molecule has 0 unspecified atom stereocenters. The van der Waals surface area contributed by atoms with E-state index >= 15 is 0 Å². The number of aryl methyl sites for hydroxylation is 1. The van der Waals surface area contributed by atoms with Gasteiger partial charge in [-0.25, -0.2) is 14.3 Å². The van der Waals surface area contributed by atoms with Crippen LogP contribution < -0.4 is 4.90 Å². The minimum atomic E-state index is -0.255. The molecule has 1 aromatic carbocycles. The van der Waals surface area contributed by atoms with Crippen LogP contribution in [0.1, 0.15) is 12.6 Å². The second kappa shape index (κ2) is 6.64. The van der Waals surface area contributed by atoms with E-state index in [-0.39, 0.29) is 6.09 Å². The molecule has 3 aromatic rings. The highest BCUT2D eigenvalue weighted by atomic mass is 35.5. The van der Waals surface area contributed by atoms with Gasteiger partial charge in [-0.1, -0.05) is 23.7 Å². The molecule has 1 fully saturated rings. The van der Waals surface area contributed by atoms with Crippen LogP contribution in [0.15, 0.2) is 24.3 Å². The first kappa shape index (κ1) is 16.9. The van der Waals surface area contributed by atoms with Crippen LogP contribution in [-0.2, 0) is 4.74 Å². The van der Waals surface area contributed by atoms with Crippen molar-refractivity contribution in [2.75, 3.05) is 37.7 Å². The largest absolute Gasteiger partial charge is 0.450 e. The number of fused-ring (bicyclic) bond motifs is 3. The third kappa shape index (κ3) is 2.72. The Labute approximate surface area is 156 Å². The monoisotopic (exact) mass is 373 g/mol. The third-order valence-corrected chi connectivity index (χ3v) is 5.10. The molecular formula is C18H20ClN5O2. The molecule has 7 nitrogen and oxygen atoms in total. The van der Waals surface area contributed by atoms with Crippen LogP contribution in [0, 0.1) is 6.92 Å². The van der Waals surface area contributed by atoms with E-state index in [4.69, 9.17) is 21.3 Å². The van der Waals surface area contributed by atoms with Crippen molar-refractivity contribution in [2.24, 2.45) is 0 Å². The van der Waals surface area contributed by atoms with Gasteiger partial charge in [-0.2, -0.15) is 5.10 Å². The van der Waals surface area contributed by atoms with E-state index in [2.05, 4.69) is 10.00 Å². The predicted octanol–water partition coefficient (Wildman–Crippen LogP) is 3.12. The summed E-state index contributed by atoms with van der Waals surface area (Å²) in [4.78, 5) is 20.7. The van der Waals surface area contributed by atoms with E-state index in [9.17, 15) is 4.79 Å². The standard InChI is InChI=1S/C18H20ClN5O2/c1-3-26-18(25)23-10-8-22(9-11-23)16-13-6-4-5-7-14(13)24-17(20-16)15(19)12(2)21-24/h4-7H,3,8-11H2,1-2H3. The minimum Gasteiger partial charge on any atom is -0.450 e. The summed E-state index contributed by atoms with van der Waals surface area (Å²) in [6.45, 7) is 6.67. The number of piperazine rings is 1. The summed E-state index contributed by atoms with van der Waals surface area (Å²) >= 11 is 6.42. The lowest BCUT2D eigenvalue weighted by atomic mass is 10.2. The second-order valence-corrected chi connectivity index (χ2v) is 6.64. The molecule has 0 aliphatic carbocycles. The Morgan fingerprint density at radius 3 is 2.69 bits per heavy atom. The van der Waals surface area contributed by atoms with Gasteiger partial charge in [-0.3, -0.25) is 0 Å². The molecule has 2 aromatic heterocycles. The van der Waals surface area contributed by atoms with Crippen molar-refractivity contribution in [2.45, 2.75) is 13.8 Å². The van der Waals surface area contributed by atoms with E-state index in [1.54, 1.807) is 9.42 Å². The fraction of sp³-hybridized carbons (Fsp3) is 0.389. The lowest BCUT2D eigenvalue weighted by Crippen LogP contribution is -2.49. The highest BCUT2D eigenvalue weighted by molar-refractivity contribution is 6.34. The van der Waals surface area contributed by atoms with Gasteiger partial charge in [0.15, 0.2) is 5.65 Å². The molecule has 0 spiro atoms. The molecule has 3 heterocycles. The number of ether oxygens (including phenoxy) is 1. The van der Waals surface area contributed by atoms with E-state index < -0.39 is 0 Å². The zero-order valence-electron chi connectivity index (χ0n) is 14.8. The highest BCUT2D eigenvalue weighted by Gasteiger charge is 2.25. The number of aromatic nitrogens is 3. The molecule has 8 heteroatoms. The first-order valence-electron chi connectivity index (χ1n) is 8.70. The molecule has 4 rings (SSSR count). The summed E-state index contributed by atoms with van der Waals surface area (Å²) in [6, 6.07) is 8.03. The van der Waals surface area contributed by atoms with Crippen LogP contribution >= 0.6 is 11.6 Å². The van der Waals surface area contributed by atoms with Gasteiger partial charge in [-0.05, 0) is 26.0 Å². The molecule has 0 N–H and O–H groups in total. The molecular weight excluding hydrogens is 354 g/mol. The van der Waals surface area contributed by atoms with Gasteiger partial charge in [0.25, 0.3) is 0 Å². The second-order valence-electron chi connectivity index (χ2n) is 6.26. The van der Waals surface area contributed by atoms with Crippen molar-refractivity contribution >= 4 is 40.1 Å². The van der Waals surface area contributed by atoms with Gasteiger partial charge in [-0.15, -0.1) is 0 Å². The van der Waals surface area contributed by atoms with E-state index in [1.165, 1.54) is 0 Å². The highest BCUT2D eigenvalue weighted by Crippen LogP contribution is 2.30. The molecule has 0 atom stereocenters. The van der Waals surface area contributed by atoms with Crippen LogP contribution in [0.25, 0.3) is 16.6 Å². The van der Waals surface area contributed by atoms with Crippen molar-refractivity contribution in [3.63, 3.8) is 0 Å². The first-order chi connectivity index (χ1) is 12.6. The van der Waals surface area contributed by atoms with E-state index in [1.807, 2.05) is 38.1 Å². The zero-order valence-corrected chi connectivity index (χ0v) is 15.5. The van der Waals surface area contributed by atoms with Crippen molar-refractivity contribution in [3.05, 3.63) is 35.0 Å². The molecule has 0 bridgehead atoms. The molecule has 1 saturated heterocycles. The number of halogens is 1. The number of hydrogen-bond donors (Lipinski definition) is 0. The number of carbonyl (C=O) groups is 1. The van der Waals surface area contributed by atoms with Gasteiger partial charge in [0.2, 0.25) is 0 Å². The number of anilines is 1. The summed E-state index contributed by atoms with van der Waals surface area (Å²) in [5.74, 6) is 0.874. The molecule has 0 saturated carbocycles. The lowest BCUT2D eigenvalue weighted by Gasteiger charge is -2.35. The van der Waals surface area contributed by atoms with Crippen molar-refractivity contribution in [1.82, 2.24) is 19.5 Å². The summed E-state index contributed by atoms with van der Waals surface area (Å²) in [7, 11) is 0. The number of carbonyl (C=O) groups excluding carboxylic acids is 1. The van der Waals surface area contributed by atoms with Gasteiger partial charge < -0.3 is 14.5 Å². The van der Waals surface area contributed by atoms with Crippen molar-refractivity contribution in [1.29, 1.82) is 0 Å². The maximum Gasteiger partial charge on any atom is 0.409 e. The van der Waals surface area contributed by atoms with Crippen LogP contribution in [0.3, 0.4) is 0 Å². The summed E-state index contributed by atoms with van der Waals surface area (Å²) in [5, 5.41) is 6.11. The van der Waals surface area contributed by atoms with Crippen LogP contribution in [-0.4, -0.2) is 58.4 Å². The number of nitrogens with zero attached hydrogens (tertiary/aromatic N) is 5. The number of amides is 1. The van der Waals surface area contributed by atoms with Crippen molar-refractivity contribution in [3.8, 4) is 0 Å². The maximum absolute atomic E-state index is 11.9. The van der Waals surface area contributed by atoms with E-state index in [0.717, 1.165) is 22.4 Å². The Bertz CT molecular complexity index is 979. The first-order valence-corrected chi connectivity index (χ1v) is 9.08. The summed E-state index contributed by atoms with van der Waals surface area (Å²) < 4.78 is 6.89. The van der Waals surface area contributed by atoms with Crippen LogP contribution in [0.2, 0.25) is 5.02 Å². The topological polar surface area (TPSA) is 63.0 Å². The Kier molecular flexibility index (Phi) is 4.32. The third-order valence-electron chi connectivity index (χ3n) is 4.65. The normalized spacial score (nSPS) is 15.0. The molecule has 26 heavy (non-hydrogen) atoms. The lowest BCUT2D eigenvalue weighted by molar-refractivity contribution is 0.105. The number of benzene rings is 1. The fourth-order valence-corrected chi connectivity index (χ4v) is 3.49. The fourth-order valence-electron chi connectivity index (χ4n) is 3.33. The summed E-state index contributed by atoms with van der Waals surface area (Å²) in [6.07, 6.45) is -0.255. The Morgan fingerprint density at radius 2 is 1.96 bits per heavy atom. The van der Waals surface area contributed by atoms with Gasteiger partial charge in [0, 0.05) is 31.6 Å².